The molecule has 0 spiro atoms. The van der Waals surface area contributed by atoms with Crippen LogP contribution in [0.25, 0.3) is 0 Å². The van der Waals surface area contributed by atoms with Crippen molar-refractivity contribution in [2.75, 3.05) is 33.4 Å². The van der Waals surface area contributed by atoms with E-state index >= 15 is 0 Å². The summed E-state index contributed by atoms with van der Waals surface area (Å²) in [7, 11) is 1.72. The number of rotatable bonds is 9. The van der Waals surface area contributed by atoms with Crippen LogP contribution in [-0.2, 0) is 29.2 Å². The minimum absolute atomic E-state index is 0. The van der Waals surface area contributed by atoms with Gasteiger partial charge in [0.25, 0.3) is 0 Å². The first kappa shape index (κ1) is 24.6. The third-order valence-electron chi connectivity index (χ3n) is 5.13. The average Bonchev–Trinajstić information content (AvgIpc) is 3.22. The number of benzene rings is 2. The maximum atomic E-state index is 5.95. The molecule has 1 fully saturated rings. The lowest BCUT2D eigenvalue weighted by atomic mass is 10.1. The molecule has 164 valence electrons. The van der Waals surface area contributed by atoms with Gasteiger partial charge in [-0.1, -0.05) is 54.6 Å². The number of likely N-dealkylation sites (tertiary alicyclic amines) is 1. The molecule has 1 aliphatic heterocycles. The number of nitrogens with one attached hydrogen (secondary N) is 1. The van der Waals surface area contributed by atoms with Gasteiger partial charge in [0.2, 0.25) is 0 Å². The topological polar surface area (TPSA) is 46.1 Å². The van der Waals surface area contributed by atoms with Crippen molar-refractivity contribution in [3.8, 4) is 0 Å². The summed E-state index contributed by atoms with van der Waals surface area (Å²) in [5.41, 5.74) is 3.63. The smallest absolute Gasteiger partial charge is 0.194 e. The Morgan fingerprint density at radius 3 is 2.43 bits per heavy atom. The van der Waals surface area contributed by atoms with Gasteiger partial charge in [0.05, 0.1) is 26.4 Å². The molecule has 1 N–H and O–H groups in total. The second-order valence-electron chi connectivity index (χ2n) is 7.52. The number of guanidine groups is 1. The number of aliphatic imine (C=N–C) groups is 1. The Morgan fingerprint density at radius 1 is 1.03 bits per heavy atom. The summed E-state index contributed by atoms with van der Waals surface area (Å²) in [4.78, 5) is 7.22. The Labute approximate surface area is 197 Å². The van der Waals surface area contributed by atoms with Crippen molar-refractivity contribution < 1.29 is 9.47 Å². The Kier molecular flexibility index (Phi) is 11.2. The van der Waals surface area contributed by atoms with Crippen LogP contribution in [0, 0.1) is 5.92 Å². The van der Waals surface area contributed by atoms with Crippen molar-refractivity contribution in [3.63, 3.8) is 0 Å². The molecule has 30 heavy (non-hydrogen) atoms. The van der Waals surface area contributed by atoms with E-state index in [-0.39, 0.29) is 24.0 Å². The van der Waals surface area contributed by atoms with Crippen molar-refractivity contribution in [2.24, 2.45) is 10.9 Å². The van der Waals surface area contributed by atoms with Crippen molar-refractivity contribution in [3.05, 3.63) is 71.3 Å². The quantitative estimate of drug-likeness (QED) is 0.300. The standard InChI is InChI=1S/C24H33N3O2.HI/c1-3-25-24(26-15-20-9-11-22(12-10-20)17-28-2)27-14-13-23(16-27)19-29-18-21-7-5-4-6-8-21;/h4-12,23H,3,13-19H2,1-2H3,(H,25,26);1H. The van der Waals surface area contributed by atoms with Crippen molar-refractivity contribution in [1.82, 2.24) is 10.2 Å². The molecule has 2 aromatic carbocycles. The van der Waals surface area contributed by atoms with E-state index in [0.29, 0.717) is 25.7 Å². The highest BCUT2D eigenvalue weighted by Crippen LogP contribution is 2.18. The van der Waals surface area contributed by atoms with Gasteiger partial charge in [-0.05, 0) is 30.0 Å². The lowest BCUT2D eigenvalue weighted by Gasteiger charge is -2.21. The molecule has 1 unspecified atom stereocenters. The van der Waals surface area contributed by atoms with Crippen LogP contribution in [0.5, 0.6) is 0 Å². The van der Waals surface area contributed by atoms with Crippen LogP contribution in [0.4, 0.5) is 0 Å². The highest BCUT2D eigenvalue weighted by Gasteiger charge is 2.25. The highest BCUT2D eigenvalue weighted by molar-refractivity contribution is 14.0. The normalized spacial score (nSPS) is 16.4. The monoisotopic (exact) mass is 523 g/mol. The van der Waals surface area contributed by atoms with Gasteiger partial charge in [0.1, 0.15) is 0 Å². The zero-order valence-electron chi connectivity index (χ0n) is 18.0. The molecule has 5 nitrogen and oxygen atoms in total. The molecule has 6 heteroatoms. The van der Waals surface area contributed by atoms with E-state index < -0.39 is 0 Å². The van der Waals surface area contributed by atoms with Crippen molar-refractivity contribution >= 4 is 29.9 Å². The second kappa shape index (κ2) is 13.6. The average molecular weight is 523 g/mol. The van der Waals surface area contributed by atoms with Crippen LogP contribution in [-0.4, -0.2) is 44.2 Å². The molecular weight excluding hydrogens is 489 g/mol. The number of methoxy groups -OCH3 is 1. The van der Waals surface area contributed by atoms with Gasteiger partial charge < -0.3 is 19.7 Å². The van der Waals surface area contributed by atoms with Gasteiger partial charge in [-0.2, -0.15) is 0 Å². The van der Waals surface area contributed by atoms with E-state index in [2.05, 4.69) is 65.7 Å². The van der Waals surface area contributed by atoms with E-state index in [1.165, 1.54) is 16.7 Å². The maximum Gasteiger partial charge on any atom is 0.194 e. The van der Waals surface area contributed by atoms with Crippen LogP contribution in [0.3, 0.4) is 0 Å². The van der Waals surface area contributed by atoms with Crippen LogP contribution in [0.15, 0.2) is 59.6 Å². The molecule has 1 heterocycles. The molecule has 0 radical (unpaired) electrons. The molecule has 1 saturated heterocycles. The Hall–Kier alpha value is -1.64. The highest BCUT2D eigenvalue weighted by atomic mass is 127. The number of halogens is 1. The summed E-state index contributed by atoms with van der Waals surface area (Å²) < 4.78 is 11.1. The Morgan fingerprint density at radius 2 is 1.73 bits per heavy atom. The molecule has 0 aromatic heterocycles. The predicted octanol–water partition coefficient (Wildman–Crippen LogP) is 4.46. The molecule has 0 aliphatic carbocycles. The van der Waals surface area contributed by atoms with Gasteiger partial charge >= 0.3 is 0 Å². The van der Waals surface area contributed by atoms with E-state index in [1.54, 1.807) is 7.11 Å². The largest absolute Gasteiger partial charge is 0.380 e. The maximum absolute atomic E-state index is 5.95. The first-order valence-electron chi connectivity index (χ1n) is 10.5. The van der Waals surface area contributed by atoms with Crippen LogP contribution in [0.2, 0.25) is 0 Å². The summed E-state index contributed by atoms with van der Waals surface area (Å²) in [5, 5.41) is 3.44. The number of nitrogens with zero attached hydrogens (tertiary/aromatic N) is 2. The van der Waals surface area contributed by atoms with E-state index in [0.717, 1.165) is 38.6 Å². The summed E-state index contributed by atoms with van der Waals surface area (Å²) in [6, 6.07) is 18.8. The van der Waals surface area contributed by atoms with Gasteiger partial charge in [-0.15, -0.1) is 24.0 Å². The first-order valence-corrected chi connectivity index (χ1v) is 10.5. The van der Waals surface area contributed by atoms with Crippen molar-refractivity contribution in [2.45, 2.75) is 33.1 Å². The zero-order chi connectivity index (χ0) is 20.3. The number of hydrogen-bond donors (Lipinski definition) is 1. The second-order valence-corrected chi connectivity index (χ2v) is 7.52. The minimum Gasteiger partial charge on any atom is -0.380 e. The fraction of sp³-hybridized carbons (Fsp3) is 0.458. The molecule has 2 aromatic rings. The van der Waals surface area contributed by atoms with Crippen LogP contribution < -0.4 is 5.32 Å². The molecule has 1 aliphatic rings. The fourth-order valence-corrected chi connectivity index (χ4v) is 3.58. The Bertz CT molecular complexity index is 753. The van der Waals surface area contributed by atoms with E-state index in [9.17, 15) is 0 Å². The molecule has 0 bridgehead atoms. The van der Waals surface area contributed by atoms with Gasteiger partial charge in [-0.3, -0.25) is 0 Å². The summed E-state index contributed by atoms with van der Waals surface area (Å²) in [6.45, 7) is 7.82. The van der Waals surface area contributed by atoms with Crippen LogP contribution >= 0.6 is 24.0 Å². The van der Waals surface area contributed by atoms with E-state index in [4.69, 9.17) is 14.5 Å². The molecule has 0 amide bonds. The summed E-state index contributed by atoms with van der Waals surface area (Å²) >= 11 is 0. The lowest BCUT2D eigenvalue weighted by Crippen LogP contribution is -2.40. The summed E-state index contributed by atoms with van der Waals surface area (Å²) in [6.07, 6.45) is 1.14. The fourth-order valence-electron chi connectivity index (χ4n) is 3.58. The third kappa shape index (κ3) is 7.89. The van der Waals surface area contributed by atoms with Crippen molar-refractivity contribution in [1.29, 1.82) is 0 Å². The third-order valence-corrected chi connectivity index (χ3v) is 5.13. The first-order chi connectivity index (χ1) is 14.3. The number of hydrogen-bond acceptors (Lipinski definition) is 3. The predicted molar refractivity (Wildman–Crippen MR) is 133 cm³/mol. The zero-order valence-corrected chi connectivity index (χ0v) is 20.4. The number of ether oxygens (including phenoxy) is 2. The molecule has 1 atom stereocenters. The lowest BCUT2D eigenvalue weighted by molar-refractivity contribution is 0.0906. The summed E-state index contributed by atoms with van der Waals surface area (Å²) in [5.74, 6) is 1.55. The van der Waals surface area contributed by atoms with Gasteiger partial charge in [-0.25, -0.2) is 4.99 Å². The molecule has 3 rings (SSSR count). The Balaban J connectivity index is 0.00000320. The minimum atomic E-state index is 0. The SMILES string of the molecule is CCNC(=NCc1ccc(COC)cc1)N1CCC(COCc2ccccc2)C1.I. The van der Waals surface area contributed by atoms with Gasteiger partial charge in [0, 0.05) is 32.7 Å². The van der Waals surface area contributed by atoms with E-state index in [1.807, 2.05) is 6.07 Å². The van der Waals surface area contributed by atoms with Gasteiger partial charge in [0.15, 0.2) is 5.96 Å². The molecule has 0 saturated carbocycles. The van der Waals surface area contributed by atoms with Crippen LogP contribution in [0.1, 0.15) is 30.0 Å². The molecular formula is C24H34IN3O2.